The fourth-order valence-corrected chi connectivity index (χ4v) is 1.52. The third-order valence-corrected chi connectivity index (χ3v) is 2.26. The smallest absolute Gasteiger partial charge is 0.185 e. The van der Waals surface area contributed by atoms with E-state index in [2.05, 4.69) is 14.9 Å². The van der Waals surface area contributed by atoms with Gasteiger partial charge in [0.05, 0.1) is 19.4 Å². The van der Waals surface area contributed by atoms with E-state index in [1.165, 1.54) is 0 Å². The summed E-state index contributed by atoms with van der Waals surface area (Å²) >= 11 is 0. The van der Waals surface area contributed by atoms with E-state index in [1.807, 2.05) is 0 Å². The molecule has 1 aliphatic heterocycles. The fourth-order valence-electron chi connectivity index (χ4n) is 1.52. The minimum absolute atomic E-state index is 0.397. The first-order chi connectivity index (χ1) is 6.88. The lowest BCUT2D eigenvalue weighted by molar-refractivity contribution is 0.0337. The number of aromatic nitrogens is 2. The van der Waals surface area contributed by atoms with Gasteiger partial charge in [-0.1, -0.05) is 0 Å². The summed E-state index contributed by atoms with van der Waals surface area (Å²) in [6, 6.07) is 0. The van der Waals surface area contributed by atoms with Crippen LogP contribution in [0.4, 0.5) is 0 Å². The zero-order chi connectivity index (χ0) is 9.80. The van der Waals surface area contributed by atoms with Gasteiger partial charge in [0.2, 0.25) is 0 Å². The van der Waals surface area contributed by atoms with Crippen molar-refractivity contribution in [2.45, 2.75) is 6.54 Å². The summed E-state index contributed by atoms with van der Waals surface area (Å²) < 4.78 is 5.24. The third-order valence-electron chi connectivity index (χ3n) is 2.26. The van der Waals surface area contributed by atoms with Gasteiger partial charge in [0.25, 0.3) is 0 Å². The average Bonchev–Trinajstić information content (AvgIpc) is 2.67. The molecule has 1 N–H and O–H groups in total. The second-order valence-corrected chi connectivity index (χ2v) is 3.30. The van der Waals surface area contributed by atoms with Gasteiger partial charge >= 0.3 is 0 Å². The summed E-state index contributed by atoms with van der Waals surface area (Å²) in [5, 5.41) is 0. The molecule has 0 aromatic carbocycles. The molecule has 0 atom stereocenters. The first-order valence-corrected chi connectivity index (χ1v) is 4.67. The van der Waals surface area contributed by atoms with E-state index in [0.29, 0.717) is 5.82 Å². The van der Waals surface area contributed by atoms with Gasteiger partial charge in [0.1, 0.15) is 0 Å². The number of rotatable bonds is 3. The lowest BCUT2D eigenvalue weighted by atomic mass is 10.3. The van der Waals surface area contributed by atoms with E-state index >= 15 is 0 Å². The highest BCUT2D eigenvalue weighted by Crippen LogP contribution is 2.04. The van der Waals surface area contributed by atoms with Crippen molar-refractivity contribution in [1.29, 1.82) is 0 Å². The maximum Gasteiger partial charge on any atom is 0.185 e. The normalized spacial score (nSPS) is 18.3. The predicted octanol–water partition coefficient (Wildman–Crippen LogP) is 0.0544. The monoisotopic (exact) mass is 195 g/mol. The highest BCUT2D eigenvalue weighted by atomic mass is 16.5. The van der Waals surface area contributed by atoms with Crippen LogP contribution in [0.25, 0.3) is 0 Å². The molecule has 5 nitrogen and oxygen atoms in total. The van der Waals surface area contributed by atoms with Crippen LogP contribution in [0.2, 0.25) is 0 Å². The van der Waals surface area contributed by atoms with E-state index in [1.54, 1.807) is 6.20 Å². The van der Waals surface area contributed by atoms with Gasteiger partial charge in [-0.2, -0.15) is 0 Å². The first kappa shape index (κ1) is 9.36. The number of nitrogens with one attached hydrogen (secondary N) is 1. The van der Waals surface area contributed by atoms with Crippen LogP contribution in [0, 0.1) is 0 Å². The number of nitrogens with zero attached hydrogens (tertiary/aromatic N) is 2. The van der Waals surface area contributed by atoms with Crippen LogP contribution < -0.4 is 0 Å². The minimum Gasteiger partial charge on any atom is -0.379 e. The number of aldehydes is 1. The summed E-state index contributed by atoms with van der Waals surface area (Å²) in [7, 11) is 0. The molecule has 0 aliphatic carbocycles. The van der Waals surface area contributed by atoms with Crippen LogP contribution in [0.5, 0.6) is 0 Å². The number of carbonyl (C=O) groups is 1. The standard InChI is InChI=1S/C9H13N3O2/c13-7-9-10-5-8(11-9)6-12-1-3-14-4-2-12/h5,7H,1-4,6H2,(H,10,11). The van der Waals surface area contributed by atoms with Gasteiger partial charge in [-0.3, -0.25) is 9.69 Å². The van der Waals surface area contributed by atoms with Crippen LogP contribution in [-0.2, 0) is 11.3 Å². The number of H-pyrrole nitrogens is 1. The summed E-state index contributed by atoms with van der Waals surface area (Å²) in [5.41, 5.74) is 0.981. The molecule has 76 valence electrons. The van der Waals surface area contributed by atoms with Gasteiger partial charge in [-0.15, -0.1) is 0 Å². The Labute approximate surface area is 82.1 Å². The summed E-state index contributed by atoms with van der Waals surface area (Å²) in [4.78, 5) is 19.5. The maximum absolute atomic E-state index is 10.4. The van der Waals surface area contributed by atoms with Gasteiger partial charge in [-0.05, 0) is 0 Å². The van der Waals surface area contributed by atoms with Crippen molar-refractivity contribution in [3.8, 4) is 0 Å². The third kappa shape index (κ3) is 2.18. The topological polar surface area (TPSA) is 58.2 Å². The molecule has 2 heterocycles. The zero-order valence-electron chi connectivity index (χ0n) is 7.90. The molecule has 1 fully saturated rings. The van der Waals surface area contributed by atoms with Crippen molar-refractivity contribution in [3.05, 3.63) is 17.7 Å². The predicted molar refractivity (Wildman–Crippen MR) is 50.1 cm³/mol. The van der Waals surface area contributed by atoms with Crippen LogP contribution in [0.1, 0.15) is 16.3 Å². The number of imidazole rings is 1. The van der Waals surface area contributed by atoms with E-state index in [4.69, 9.17) is 4.74 Å². The molecule has 1 aromatic heterocycles. The summed E-state index contributed by atoms with van der Waals surface area (Å²) in [6.45, 7) is 4.26. The van der Waals surface area contributed by atoms with Crippen molar-refractivity contribution in [1.82, 2.24) is 14.9 Å². The van der Waals surface area contributed by atoms with E-state index in [9.17, 15) is 4.79 Å². The molecule has 0 radical (unpaired) electrons. The Morgan fingerprint density at radius 2 is 2.36 bits per heavy atom. The highest BCUT2D eigenvalue weighted by molar-refractivity contribution is 5.68. The lowest BCUT2D eigenvalue weighted by Gasteiger charge is -2.25. The molecule has 0 bridgehead atoms. The second-order valence-electron chi connectivity index (χ2n) is 3.30. The van der Waals surface area contributed by atoms with Crippen molar-refractivity contribution < 1.29 is 9.53 Å². The highest BCUT2D eigenvalue weighted by Gasteiger charge is 2.11. The van der Waals surface area contributed by atoms with Gasteiger partial charge in [0.15, 0.2) is 12.1 Å². The van der Waals surface area contributed by atoms with Crippen molar-refractivity contribution in [3.63, 3.8) is 0 Å². The molecular weight excluding hydrogens is 182 g/mol. The van der Waals surface area contributed by atoms with Gasteiger partial charge < -0.3 is 9.72 Å². The maximum atomic E-state index is 10.4. The van der Waals surface area contributed by atoms with Crippen LogP contribution in [-0.4, -0.2) is 47.5 Å². The molecule has 0 unspecified atom stereocenters. The molecule has 0 amide bonds. The molecule has 1 aliphatic rings. The Morgan fingerprint density at radius 3 is 3.00 bits per heavy atom. The molecule has 0 spiro atoms. The molecule has 0 saturated carbocycles. The zero-order valence-corrected chi connectivity index (χ0v) is 7.90. The molecular formula is C9H13N3O2. The van der Waals surface area contributed by atoms with Crippen molar-refractivity contribution in [2.75, 3.05) is 26.3 Å². The molecule has 1 saturated heterocycles. The van der Waals surface area contributed by atoms with E-state index < -0.39 is 0 Å². The number of aromatic amines is 1. The van der Waals surface area contributed by atoms with Gasteiger partial charge in [-0.25, -0.2) is 4.98 Å². The molecule has 5 heteroatoms. The second kappa shape index (κ2) is 4.34. The Kier molecular flexibility index (Phi) is 2.90. The van der Waals surface area contributed by atoms with Crippen molar-refractivity contribution >= 4 is 6.29 Å². The summed E-state index contributed by atoms with van der Waals surface area (Å²) in [6.07, 6.45) is 2.43. The Morgan fingerprint density at radius 1 is 1.57 bits per heavy atom. The number of morpholine rings is 1. The Bertz CT molecular complexity index is 305. The number of hydrogen-bond acceptors (Lipinski definition) is 4. The molecule has 1 aromatic rings. The fraction of sp³-hybridized carbons (Fsp3) is 0.556. The van der Waals surface area contributed by atoms with E-state index in [0.717, 1.165) is 44.8 Å². The largest absolute Gasteiger partial charge is 0.379 e. The van der Waals surface area contributed by atoms with Crippen LogP contribution >= 0.6 is 0 Å². The quantitative estimate of drug-likeness (QED) is 0.692. The number of hydrogen-bond donors (Lipinski definition) is 1. The number of ether oxygens (including phenoxy) is 1. The van der Waals surface area contributed by atoms with Crippen molar-refractivity contribution in [2.24, 2.45) is 0 Å². The van der Waals surface area contributed by atoms with Crippen LogP contribution in [0.3, 0.4) is 0 Å². The summed E-state index contributed by atoms with van der Waals surface area (Å²) in [5.74, 6) is 0.397. The lowest BCUT2D eigenvalue weighted by Crippen LogP contribution is -2.35. The van der Waals surface area contributed by atoms with E-state index in [-0.39, 0.29) is 0 Å². The van der Waals surface area contributed by atoms with Gasteiger partial charge in [0, 0.05) is 25.3 Å². The Hall–Kier alpha value is -1.20. The number of carbonyl (C=O) groups excluding carboxylic acids is 1. The molecule has 2 rings (SSSR count). The minimum atomic E-state index is 0.397. The average molecular weight is 195 g/mol. The Balaban J connectivity index is 1.92. The van der Waals surface area contributed by atoms with Crippen LogP contribution in [0.15, 0.2) is 6.20 Å². The SMILES string of the molecule is O=Cc1ncc(CN2CCOCC2)[nH]1. The first-order valence-electron chi connectivity index (χ1n) is 4.67. The molecule has 14 heavy (non-hydrogen) atoms.